The molecule has 0 radical (unpaired) electrons. The Labute approximate surface area is 171 Å². The van der Waals surface area contributed by atoms with Crippen LogP contribution in [0.5, 0.6) is 0 Å². The van der Waals surface area contributed by atoms with Crippen LogP contribution in [0.3, 0.4) is 0 Å². The number of nitrogens with one attached hydrogen (secondary N) is 1. The highest BCUT2D eigenvalue weighted by atomic mass is 19.1. The van der Waals surface area contributed by atoms with Gasteiger partial charge in [-0.2, -0.15) is 0 Å². The lowest BCUT2D eigenvalue weighted by Crippen LogP contribution is -2.32. The molecule has 0 saturated heterocycles. The number of aryl methyl sites for hydroxylation is 1. The predicted octanol–water partition coefficient (Wildman–Crippen LogP) is 1.80. The van der Waals surface area contributed by atoms with Crippen molar-refractivity contribution in [2.75, 3.05) is 0 Å². The van der Waals surface area contributed by atoms with Crippen LogP contribution in [0, 0.1) is 12.7 Å². The van der Waals surface area contributed by atoms with Crippen LogP contribution in [0.25, 0.3) is 11.2 Å². The maximum Gasteiger partial charge on any atom is 0.283 e. The second-order valence-electron chi connectivity index (χ2n) is 6.99. The summed E-state index contributed by atoms with van der Waals surface area (Å²) in [6, 6.07) is 13.8. The van der Waals surface area contributed by atoms with E-state index in [4.69, 9.17) is 0 Å². The van der Waals surface area contributed by atoms with Gasteiger partial charge in [0.25, 0.3) is 5.56 Å². The van der Waals surface area contributed by atoms with E-state index >= 15 is 0 Å². The van der Waals surface area contributed by atoms with Crippen LogP contribution < -0.4 is 10.9 Å². The molecule has 30 heavy (non-hydrogen) atoms. The molecular formula is C21H19FN6O2. The highest BCUT2D eigenvalue weighted by Gasteiger charge is 2.14. The van der Waals surface area contributed by atoms with Gasteiger partial charge in [0.2, 0.25) is 5.91 Å². The van der Waals surface area contributed by atoms with Gasteiger partial charge < -0.3 is 5.32 Å². The van der Waals surface area contributed by atoms with E-state index in [2.05, 4.69) is 20.6 Å². The Morgan fingerprint density at radius 1 is 1.07 bits per heavy atom. The number of carbonyl (C=O) groups is 1. The van der Waals surface area contributed by atoms with Gasteiger partial charge in [0, 0.05) is 6.54 Å². The number of nitrogens with zero attached hydrogens (tertiary/aromatic N) is 5. The Morgan fingerprint density at radius 3 is 2.50 bits per heavy atom. The second-order valence-corrected chi connectivity index (χ2v) is 6.99. The first kappa shape index (κ1) is 19.4. The largest absolute Gasteiger partial charge is 0.350 e. The fraction of sp³-hybridized carbons (Fsp3) is 0.190. The van der Waals surface area contributed by atoms with Crippen LogP contribution in [0.1, 0.15) is 16.7 Å². The van der Waals surface area contributed by atoms with Gasteiger partial charge in [-0.3, -0.25) is 14.2 Å². The Morgan fingerprint density at radius 2 is 1.77 bits per heavy atom. The van der Waals surface area contributed by atoms with Crippen LogP contribution in [-0.4, -0.2) is 30.5 Å². The molecule has 0 aliphatic carbocycles. The van der Waals surface area contributed by atoms with Gasteiger partial charge >= 0.3 is 0 Å². The molecular weight excluding hydrogens is 387 g/mol. The van der Waals surface area contributed by atoms with Gasteiger partial charge in [-0.1, -0.05) is 47.2 Å². The van der Waals surface area contributed by atoms with Crippen LogP contribution in [0.2, 0.25) is 0 Å². The average molecular weight is 406 g/mol. The van der Waals surface area contributed by atoms with E-state index in [1.54, 1.807) is 16.8 Å². The minimum absolute atomic E-state index is 0.107. The number of halogens is 1. The SMILES string of the molecule is Cc1ccc(Cn2nnc3c(=O)n(CC(=O)NCc4ccc(F)cc4)cnc32)cc1. The summed E-state index contributed by atoms with van der Waals surface area (Å²) in [5, 5.41) is 10.7. The third kappa shape index (κ3) is 4.24. The number of aromatic nitrogens is 5. The topological polar surface area (TPSA) is 94.7 Å². The van der Waals surface area contributed by atoms with E-state index in [0.717, 1.165) is 16.7 Å². The van der Waals surface area contributed by atoms with E-state index in [0.29, 0.717) is 12.2 Å². The van der Waals surface area contributed by atoms with Gasteiger partial charge in [0.1, 0.15) is 18.7 Å². The third-order valence-corrected chi connectivity index (χ3v) is 4.66. The zero-order valence-corrected chi connectivity index (χ0v) is 16.2. The number of fused-ring (bicyclic) bond motifs is 1. The lowest BCUT2D eigenvalue weighted by Gasteiger charge is -2.07. The van der Waals surface area contributed by atoms with Crippen molar-refractivity contribution < 1.29 is 9.18 Å². The summed E-state index contributed by atoms with van der Waals surface area (Å²) in [7, 11) is 0. The smallest absolute Gasteiger partial charge is 0.283 e. The zero-order chi connectivity index (χ0) is 21.1. The number of hydrogen-bond donors (Lipinski definition) is 1. The van der Waals surface area contributed by atoms with Crippen molar-refractivity contribution in [3.8, 4) is 0 Å². The van der Waals surface area contributed by atoms with E-state index in [9.17, 15) is 14.0 Å². The number of amides is 1. The molecule has 1 N–H and O–H groups in total. The number of carbonyl (C=O) groups excluding carboxylic acids is 1. The van der Waals surface area contributed by atoms with Crippen molar-refractivity contribution in [2.45, 2.75) is 26.6 Å². The van der Waals surface area contributed by atoms with Crippen LogP contribution in [0.4, 0.5) is 4.39 Å². The summed E-state index contributed by atoms with van der Waals surface area (Å²) in [6.07, 6.45) is 1.32. The minimum Gasteiger partial charge on any atom is -0.350 e. The van der Waals surface area contributed by atoms with E-state index in [1.165, 1.54) is 23.0 Å². The second kappa shape index (κ2) is 8.24. The average Bonchev–Trinajstić information content (AvgIpc) is 3.15. The van der Waals surface area contributed by atoms with Gasteiger partial charge in [-0.15, -0.1) is 5.10 Å². The molecule has 152 valence electrons. The summed E-state index contributed by atoms with van der Waals surface area (Å²) >= 11 is 0. The van der Waals surface area contributed by atoms with Crippen molar-refractivity contribution in [1.82, 2.24) is 29.9 Å². The Bertz CT molecular complexity index is 1250. The van der Waals surface area contributed by atoms with Crippen molar-refractivity contribution in [3.63, 3.8) is 0 Å². The lowest BCUT2D eigenvalue weighted by atomic mass is 10.1. The summed E-state index contributed by atoms with van der Waals surface area (Å²) in [6.45, 7) is 2.48. The molecule has 1 amide bonds. The maximum absolute atomic E-state index is 12.9. The first-order valence-corrected chi connectivity index (χ1v) is 9.35. The summed E-state index contributed by atoms with van der Waals surface area (Å²) in [5.41, 5.74) is 2.95. The number of rotatable bonds is 6. The first-order chi connectivity index (χ1) is 14.5. The van der Waals surface area contributed by atoms with Gasteiger partial charge in [0.15, 0.2) is 11.2 Å². The van der Waals surface area contributed by atoms with Crippen LogP contribution in [-0.2, 0) is 24.4 Å². The molecule has 8 nitrogen and oxygen atoms in total. The molecule has 4 aromatic rings. The minimum atomic E-state index is -0.438. The monoisotopic (exact) mass is 406 g/mol. The van der Waals surface area contributed by atoms with Crippen LogP contribution in [0.15, 0.2) is 59.7 Å². The fourth-order valence-electron chi connectivity index (χ4n) is 2.99. The number of benzene rings is 2. The lowest BCUT2D eigenvalue weighted by molar-refractivity contribution is -0.121. The number of hydrogen-bond acceptors (Lipinski definition) is 5. The quantitative estimate of drug-likeness (QED) is 0.527. The highest BCUT2D eigenvalue weighted by Crippen LogP contribution is 2.09. The molecule has 4 rings (SSSR count). The molecule has 0 aliphatic heterocycles. The van der Waals surface area contributed by atoms with Crippen molar-refractivity contribution in [3.05, 3.63) is 87.7 Å². The van der Waals surface area contributed by atoms with E-state index in [1.807, 2.05) is 31.2 Å². The Balaban J connectivity index is 1.46. The van der Waals surface area contributed by atoms with Crippen molar-refractivity contribution in [2.24, 2.45) is 0 Å². The first-order valence-electron chi connectivity index (χ1n) is 9.35. The molecule has 0 atom stereocenters. The van der Waals surface area contributed by atoms with E-state index in [-0.39, 0.29) is 30.3 Å². The molecule has 0 saturated carbocycles. The maximum atomic E-state index is 12.9. The van der Waals surface area contributed by atoms with E-state index < -0.39 is 5.56 Å². The summed E-state index contributed by atoms with van der Waals surface area (Å²) < 4.78 is 15.7. The predicted molar refractivity (Wildman–Crippen MR) is 108 cm³/mol. The molecule has 0 fully saturated rings. The molecule has 2 heterocycles. The molecule has 0 unspecified atom stereocenters. The molecule has 2 aromatic carbocycles. The summed E-state index contributed by atoms with van der Waals surface area (Å²) in [4.78, 5) is 29.1. The normalized spacial score (nSPS) is 11.0. The van der Waals surface area contributed by atoms with Gasteiger partial charge in [0.05, 0.1) is 6.54 Å². The summed E-state index contributed by atoms with van der Waals surface area (Å²) in [5.74, 6) is -0.707. The van der Waals surface area contributed by atoms with Gasteiger partial charge in [-0.25, -0.2) is 14.1 Å². The van der Waals surface area contributed by atoms with Crippen LogP contribution >= 0.6 is 0 Å². The van der Waals surface area contributed by atoms with Gasteiger partial charge in [-0.05, 0) is 30.2 Å². The Kier molecular flexibility index (Phi) is 5.34. The zero-order valence-electron chi connectivity index (χ0n) is 16.2. The van der Waals surface area contributed by atoms with Crippen molar-refractivity contribution in [1.29, 1.82) is 0 Å². The Hall–Kier alpha value is -3.88. The molecule has 0 aliphatic rings. The standard InChI is InChI=1S/C21H19FN6O2/c1-14-2-4-16(5-3-14)11-28-20-19(25-26-28)21(30)27(13-24-20)12-18(29)23-10-15-6-8-17(22)9-7-15/h2-9,13H,10-12H2,1H3,(H,23,29). The molecule has 0 spiro atoms. The third-order valence-electron chi connectivity index (χ3n) is 4.66. The molecule has 2 aromatic heterocycles. The highest BCUT2D eigenvalue weighted by molar-refractivity contribution is 5.76. The fourth-order valence-corrected chi connectivity index (χ4v) is 2.99. The molecule has 0 bridgehead atoms. The molecule has 9 heteroatoms. The van der Waals surface area contributed by atoms with Crippen molar-refractivity contribution >= 4 is 17.1 Å².